The lowest BCUT2D eigenvalue weighted by atomic mass is 10.1. The minimum Gasteiger partial charge on any atom is -0.493 e. The molecular weight excluding hydrogens is 280 g/mol. The van der Waals surface area contributed by atoms with Crippen molar-refractivity contribution in [2.24, 2.45) is 5.10 Å². The zero-order valence-corrected chi connectivity index (χ0v) is 13.5. The maximum atomic E-state index is 5.30. The molecule has 0 unspecified atom stereocenters. The van der Waals surface area contributed by atoms with Crippen LogP contribution in [-0.2, 0) is 0 Å². The molecule has 0 aliphatic heterocycles. The van der Waals surface area contributed by atoms with E-state index in [1.165, 1.54) is 0 Å². The van der Waals surface area contributed by atoms with E-state index in [9.17, 15) is 0 Å². The van der Waals surface area contributed by atoms with Gasteiger partial charge in [0, 0.05) is 17.0 Å². The molecule has 2 rings (SSSR count). The molecule has 2 aromatic rings. The highest BCUT2D eigenvalue weighted by molar-refractivity contribution is 5.99. The van der Waals surface area contributed by atoms with Crippen LogP contribution >= 0.6 is 0 Å². The summed E-state index contributed by atoms with van der Waals surface area (Å²) in [5.41, 5.74) is 6.40. The van der Waals surface area contributed by atoms with Gasteiger partial charge in [0.1, 0.15) is 0 Å². The van der Waals surface area contributed by atoms with Crippen molar-refractivity contribution in [1.82, 2.24) is 9.97 Å². The van der Waals surface area contributed by atoms with Crippen LogP contribution in [0.2, 0.25) is 0 Å². The fourth-order valence-corrected chi connectivity index (χ4v) is 2.04. The number of rotatable bonds is 5. The number of hydrogen-bond acceptors (Lipinski definition) is 6. The van der Waals surface area contributed by atoms with E-state index in [2.05, 4.69) is 20.5 Å². The lowest BCUT2D eigenvalue weighted by molar-refractivity contribution is 0.355. The SMILES string of the molecule is COc1ccc(C(C)=NNc2nc(C)cc(C)n2)cc1OC. The van der Waals surface area contributed by atoms with Gasteiger partial charge in [0.25, 0.3) is 0 Å². The Morgan fingerprint density at radius 1 is 1.00 bits per heavy atom. The molecule has 0 atom stereocenters. The number of anilines is 1. The highest BCUT2D eigenvalue weighted by Gasteiger charge is 2.06. The third kappa shape index (κ3) is 3.72. The second-order valence-corrected chi connectivity index (χ2v) is 4.85. The predicted molar refractivity (Wildman–Crippen MR) is 86.9 cm³/mol. The summed E-state index contributed by atoms with van der Waals surface area (Å²) < 4.78 is 10.5. The van der Waals surface area contributed by atoms with E-state index in [4.69, 9.17) is 9.47 Å². The molecule has 0 aliphatic carbocycles. The molecule has 6 heteroatoms. The van der Waals surface area contributed by atoms with Crippen LogP contribution in [0.15, 0.2) is 29.4 Å². The molecular formula is C16H20N4O2. The minimum absolute atomic E-state index is 0.484. The van der Waals surface area contributed by atoms with Crippen molar-refractivity contribution < 1.29 is 9.47 Å². The van der Waals surface area contributed by atoms with Gasteiger partial charge >= 0.3 is 0 Å². The molecule has 116 valence electrons. The monoisotopic (exact) mass is 300 g/mol. The molecule has 1 heterocycles. The topological polar surface area (TPSA) is 68.6 Å². The number of aryl methyl sites for hydroxylation is 2. The number of aromatic nitrogens is 2. The number of nitrogens with zero attached hydrogens (tertiary/aromatic N) is 3. The Hall–Kier alpha value is -2.63. The molecule has 1 N–H and O–H groups in total. The van der Waals surface area contributed by atoms with Gasteiger partial charge in [-0.05, 0) is 45.0 Å². The van der Waals surface area contributed by atoms with Crippen LogP contribution in [0.4, 0.5) is 5.95 Å². The average Bonchev–Trinajstić information content (AvgIpc) is 2.51. The van der Waals surface area contributed by atoms with Crippen molar-refractivity contribution in [2.75, 3.05) is 19.6 Å². The summed E-state index contributed by atoms with van der Waals surface area (Å²) in [5, 5.41) is 4.32. The van der Waals surface area contributed by atoms with E-state index in [-0.39, 0.29) is 0 Å². The van der Waals surface area contributed by atoms with E-state index in [0.717, 1.165) is 22.7 Å². The van der Waals surface area contributed by atoms with Crippen molar-refractivity contribution >= 4 is 11.7 Å². The van der Waals surface area contributed by atoms with Gasteiger partial charge in [-0.15, -0.1) is 0 Å². The van der Waals surface area contributed by atoms with Crippen LogP contribution in [0.3, 0.4) is 0 Å². The fraction of sp³-hybridized carbons (Fsp3) is 0.312. The molecule has 0 bridgehead atoms. The van der Waals surface area contributed by atoms with Crippen molar-refractivity contribution in [3.8, 4) is 11.5 Å². The Kier molecular flexibility index (Phi) is 4.93. The zero-order chi connectivity index (χ0) is 16.1. The number of benzene rings is 1. The number of methoxy groups -OCH3 is 2. The molecule has 0 fully saturated rings. The summed E-state index contributed by atoms with van der Waals surface area (Å²) >= 11 is 0. The van der Waals surface area contributed by atoms with Gasteiger partial charge in [-0.1, -0.05) is 0 Å². The number of ether oxygens (including phenoxy) is 2. The third-order valence-corrected chi connectivity index (χ3v) is 3.11. The lowest BCUT2D eigenvalue weighted by Gasteiger charge is -2.09. The van der Waals surface area contributed by atoms with Crippen LogP contribution in [0, 0.1) is 13.8 Å². The Labute approximate surface area is 130 Å². The van der Waals surface area contributed by atoms with Crippen LogP contribution in [0.1, 0.15) is 23.9 Å². The van der Waals surface area contributed by atoms with E-state index in [1.807, 2.05) is 45.0 Å². The van der Waals surface area contributed by atoms with Gasteiger partial charge in [-0.25, -0.2) is 15.4 Å². The molecule has 0 aliphatic rings. The molecule has 22 heavy (non-hydrogen) atoms. The normalized spacial score (nSPS) is 11.2. The van der Waals surface area contributed by atoms with E-state index < -0.39 is 0 Å². The summed E-state index contributed by atoms with van der Waals surface area (Å²) in [7, 11) is 3.22. The molecule has 6 nitrogen and oxygen atoms in total. The highest BCUT2D eigenvalue weighted by Crippen LogP contribution is 2.27. The summed E-state index contributed by atoms with van der Waals surface area (Å²) in [4.78, 5) is 8.57. The minimum atomic E-state index is 0.484. The zero-order valence-electron chi connectivity index (χ0n) is 13.5. The van der Waals surface area contributed by atoms with Gasteiger partial charge < -0.3 is 9.47 Å². The molecule has 0 radical (unpaired) electrons. The Bertz CT molecular complexity index is 678. The maximum absolute atomic E-state index is 5.30. The molecule has 0 spiro atoms. The molecule has 1 aromatic heterocycles. The Balaban J connectivity index is 2.21. The summed E-state index contributed by atoms with van der Waals surface area (Å²) in [5.74, 6) is 1.83. The van der Waals surface area contributed by atoms with Crippen LogP contribution in [0.5, 0.6) is 11.5 Å². The first-order valence-corrected chi connectivity index (χ1v) is 6.88. The summed E-state index contributed by atoms with van der Waals surface area (Å²) in [6.07, 6.45) is 0. The largest absolute Gasteiger partial charge is 0.493 e. The molecule has 1 aromatic carbocycles. The Morgan fingerprint density at radius 3 is 2.23 bits per heavy atom. The maximum Gasteiger partial charge on any atom is 0.243 e. The predicted octanol–water partition coefficient (Wildman–Crippen LogP) is 2.95. The van der Waals surface area contributed by atoms with E-state index in [0.29, 0.717) is 17.4 Å². The smallest absolute Gasteiger partial charge is 0.243 e. The first kappa shape index (κ1) is 15.8. The second-order valence-electron chi connectivity index (χ2n) is 4.85. The van der Waals surface area contributed by atoms with Crippen molar-refractivity contribution in [2.45, 2.75) is 20.8 Å². The van der Waals surface area contributed by atoms with Crippen molar-refractivity contribution in [3.63, 3.8) is 0 Å². The fourth-order valence-electron chi connectivity index (χ4n) is 2.04. The van der Waals surface area contributed by atoms with Crippen LogP contribution in [0.25, 0.3) is 0 Å². The summed E-state index contributed by atoms with van der Waals surface area (Å²) in [6, 6.07) is 7.56. The molecule has 0 amide bonds. The van der Waals surface area contributed by atoms with Gasteiger partial charge in [0.2, 0.25) is 5.95 Å². The van der Waals surface area contributed by atoms with Crippen molar-refractivity contribution in [3.05, 3.63) is 41.2 Å². The van der Waals surface area contributed by atoms with E-state index in [1.54, 1.807) is 14.2 Å². The van der Waals surface area contributed by atoms with Gasteiger partial charge in [-0.3, -0.25) is 0 Å². The second kappa shape index (κ2) is 6.89. The number of hydrazone groups is 1. The third-order valence-electron chi connectivity index (χ3n) is 3.11. The first-order chi connectivity index (χ1) is 10.5. The highest BCUT2D eigenvalue weighted by atomic mass is 16.5. The average molecular weight is 300 g/mol. The molecule has 0 saturated carbocycles. The van der Waals surface area contributed by atoms with Crippen molar-refractivity contribution in [1.29, 1.82) is 0 Å². The van der Waals surface area contributed by atoms with Gasteiger partial charge in [0.15, 0.2) is 11.5 Å². The first-order valence-electron chi connectivity index (χ1n) is 6.88. The van der Waals surface area contributed by atoms with Gasteiger partial charge in [-0.2, -0.15) is 5.10 Å². The summed E-state index contributed by atoms with van der Waals surface area (Å²) in [6.45, 7) is 5.74. The lowest BCUT2D eigenvalue weighted by Crippen LogP contribution is -2.04. The quantitative estimate of drug-likeness (QED) is 0.679. The number of hydrogen-bond donors (Lipinski definition) is 1. The molecule has 0 saturated heterocycles. The Morgan fingerprint density at radius 2 is 1.64 bits per heavy atom. The van der Waals surface area contributed by atoms with Crippen LogP contribution in [-0.4, -0.2) is 29.9 Å². The standard InChI is InChI=1S/C16H20N4O2/c1-10-8-11(2)18-16(17-10)20-19-12(3)13-6-7-14(21-4)15(9-13)22-5/h6-9H,1-5H3,(H,17,18,20). The number of nitrogens with one attached hydrogen (secondary N) is 1. The van der Waals surface area contributed by atoms with E-state index >= 15 is 0 Å². The van der Waals surface area contributed by atoms with Gasteiger partial charge in [0.05, 0.1) is 19.9 Å². The van der Waals surface area contributed by atoms with Crippen LogP contribution < -0.4 is 14.9 Å².